The van der Waals surface area contributed by atoms with Gasteiger partial charge in [-0.25, -0.2) is 0 Å². The molecule has 5 heteroatoms. The number of fused-ring (bicyclic) bond motifs is 1. The second-order valence-corrected chi connectivity index (χ2v) is 6.24. The summed E-state index contributed by atoms with van der Waals surface area (Å²) < 4.78 is 10.8. The van der Waals surface area contributed by atoms with Gasteiger partial charge in [0.05, 0.1) is 20.1 Å². The molecule has 2 rings (SSSR count). The summed E-state index contributed by atoms with van der Waals surface area (Å²) in [6, 6.07) is 4.01. The maximum absolute atomic E-state index is 13.0. The summed E-state index contributed by atoms with van der Waals surface area (Å²) in [5.74, 6) is 2.10. The van der Waals surface area contributed by atoms with E-state index >= 15 is 0 Å². The van der Waals surface area contributed by atoms with Gasteiger partial charge >= 0.3 is 0 Å². The number of nitrogens with zero attached hydrogens (tertiary/aromatic N) is 1. The zero-order valence-electron chi connectivity index (χ0n) is 14.2. The quantitative estimate of drug-likeness (QED) is 0.712. The van der Waals surface area contributed by atoms with E-state index in [1.165, 1.54) is 5.56 Å². The summed E-state index contributed by atoms with van der Waals surface area (Å²) in [5, 5.41) is 0. The summed E-state index contributed by atoms with van der Waals surface area (Å²) in [4.78, 5) is 14.9. The molecule has 0 saturated carbocycles. The molecule has 0 spiro atoms. The lowest BCUT2D eigenvalue weighted by Crippen LogP contribution is -2.35. The first-order valence-corrected chi connectivity index (χ1v) is 8.79. The number of hydrogen-bond acceptors (Lipinski definition) is 3. The van der Waals surface area contributed by atoms with Crippen LogP contribution in [0, 0.1) is 0 Å². The molecule has 0 aromatic heterocycles. The molecule has 0 N–H and O–H groups in total. The van der Waals surface area contributed by atoms with Crippen LogP contribution in [0.25, 0.3) is 0 Å². The van der Waals surface area contributed by atoms with E-state index in [1.807, 2.05) is 17.0 Å². The fourth-order valence-corrected chi connectivity index (χ4v) is 3.36. The Bertz CT molecular complexity index is 547. The van der Waals surface area contributed by atoms with Gasteiger partial charge in [-0.2, -0.15) is 0 Å². The topological polar surface area (TPSA) is 38.8 Å². The van der Waals surface area contributed by atoms with Crippen LogP contribution in [0.3, 0.4) is 0 Å². The Kier molecular flexibility index (Phi) is 6.58. The van der Waals surface area contributed by atoms with Crippen LogP contribution in [0.15, 0.2) is 12.1 Å². The van der Waals surface area contributed by atoms with Crippen LogP contribution in [-0.4, -0.2) is 44.0 Å². The molecule has 0 bridgehead atoms. The molecule has 23 heavy (non-hydrogen) atoms. The summed E-state index contributed by atoms with van der Waals surface area (Å²) >= 11 is 5.80. The Morgan fingerprint density at radius 1 is 1.26 bits per heavy atom. The van der Waals surface area contributed by atoms with Crippen molar-refractivity contribution in [2.24, 2.45) is 0 Å². The third-order valence-corrected chi connectivity index (χ3v) is 4.69. The number of halogens is 1. The largest absolute Gasteiger partial charge is 0.493 e. The molecule has 4 nitrogen and oxygen atoms in total. The summed E-state index contributed by atoms with van der Waals surface area (Å²) in [6.45, 7) is 3.57. The molecule has 1 aliphatic heterocycles. The second kappa shape index (κ2) is 8.44. The van der Waals surface area contributed by atoms with Crippen LogP contribution in [0.5, 0.6) is 11.5 Å². The maximum Gasteiger partial charge on any atom is 0.230 e. The van der Waals surface area contributed by atoms with Crippen LogP contribution in [0.1, 0.15) is 43.2 Å². The second-order valence-electron chi connectivity index (χ2n) is 5.87. The van der Waals surface area contributed by atoms with E-state index in [4.69, 9.17) is 21.1 Å². The highest BCUT2D eigenvalue weighted by molar-refractivity contribution is 6.17. The number of alkyl halides is 1. The van der Waals surface area contributed by atoms with Crippen molar-refractivity contribution in [3.8, 4) is 11.5 Å². The molecule has 1 heterocycles. The molecule has 128 valence electrons. The smallest absolute Gasteiger partial charge is 0.230 e. The van der Waals surface area contributed by atoms with Gasteiger partial charge in [0.1, 0.15) is 0 Å². The number of carbonyl (C=O) groups excluding carboxylic acids is 1. The standard InChI is InChI=1S/C18H26ClNO3/c1-4-6-14-15-12-17(23-3)16(22-2)11-13(15)7-10-20(18(14)21)9-5-8-19/h11-12,14H,4-10H2,1-3H3. The molecule has 1 aromatic rings. The molecule has 1 atom stereocenters. The first-order chi connectivity index (χ1) is 11.2. The predicted molar refractivity (Wildman–Crippen MR) is 92.8 cm³/mol. The normalized spacial score (nSPS) is 17.7. The highest BCUT2D eigenvalue weighted by Gasteiger charge is 2.31. The Balaban J connectivity index is 2.41. The predicted octanol–water partition coefficient (Wildman–Crippen LogP) is 3.60. The van der Waals surface area contributed by atoms with Gasteiger partial charge in [-0.15, -0.1) is 11.6 Å². The minimum absolute atomic E-state index is 0.104. The average Bonchev–Trinajstić information content (AvgIpc) is 2.70. The lowest BCUT2D eigenvalue weighted by Gasteiger charge is -2.24. The van der Waals surface area contributed by atoms with Gasteiger partial charge in [-0.05, 0) is 42.5 Å². The van der Waals surface area contributed by atoms with Crippen molar-refractivity contribution < 1.29 is 14.3 Å². The van der Waals surface area contributed by atoms with Crippen molar-refractivity contribution in [2.45, 2.75) is 38.5 Å². The molecule has 1 amide bonds. The molecule has 1 unspecified atom stereocenters. The molecule has 0 fully saturated rings. The van der Waals surface area contributed by atoms with E-state index < -0.39 is 0 Å². The van der Waals surface area contributed by atoms with Crippen molar-refractivity contribution in [2.75, 3.05) is 33.2 Å². The number of carbonyl (C=O) groups is 1. The lowest BCUT2D eigenvalue weighted by atomic mass is 9.89. The Labute approximate surface area is 143 Å². The molecule has 0 saturated heterocycles. The number of rotatable bonds is 7. The van der Waals surface area contributed by atoms with Gasteiger partial charge in [0.2, 0.25) is 5.91 Å². The average molecular weight is 340 g/mol. The highest BCUT2D eigenvalue weighted by Crippen LogP contribution is 2.38. The fourth-order valence-electron chi connectivity index (χ4n) is 3.24. The van der Waals surface area contributed by atoms with Crippen LogP contribution < -0.4 is 9.47 Å². The minimum atomic E-state index is -0.104. The van der Waals surface area contributed by atoms with Crippen LogP contribution in [0.2, 0.25) is 0 Å². The van der Waals surface area contributed by atoms with Crippen LogP contribution in [-0.2, 0) is 11.2 Å². The Morgan fingerprint density at radius 3 is 2.57 bits per heavy atom. The minimum Gasteiger partial charge on any atom is -0.493 e. The van der Waals surface area contributed by atoms with Gasteiger partial charge in [-0.1, -0.05) is 13.3 Å². The van der Waals surface area contributed by atoms with E-state index in [1.54, 1.807) is 14.2 Å². The number of ether oxygens (including phenoxy) is 2. The number of hydrogen-bond donors (Lipinski definition) is 0. The summed E-state index contributed by atoms with van der Waals surface area (Å²) in [6.07, 6.45) is 3.48. The third kappa shape index (κ3) is 3.92. The van der Waals surface area contributed by atoms with Crippen molar-refractivity contribution >= 4 is 17.5 Å². The van der Waals surface area contributed by atoms with E-state index in [9.17, 15) is 4.79 Å². The zero-order valence-corrected chi connectivity index (χ0v) is 15.0. The molecule has 0 aliphatic carbocycles. The number of methoxy groups -OCH3 is 2. The van der Waals surface area contributed by atoms with E-state index in [0.29, 0.717) is 11.6 Å². The van der Waals surface area contributed by atoms with Crippen LogP contribution in [0.4, 0.5) is 0 Å². The van der Waals surface area contributed by atoms with Crippen molar-refractivity contribution in [3.05, 3.63) is 23.3 Å². The van der Waals surface area contributed by atoms with Gasteiger partial charge in [0.15, 0.2) is 11.5 Å². The molecule has 1 aromatic carbocycles. The highest BCUT2D eigenvalue weighted by atomic mass is 35.5. The van der Waals surface area contributed by atoms with E-state index in [2.05, 4.69) is 6.92 Å². The van der Waals surface area contributed by atoms with Crippen molar-refractivity contribution in [1.82, 2.24) is 4.90 Å². The van der Waals surface area contributed by atoms with E-state index in [0.717, 1.165) is 50.1 Å². The van der Waals surface area contributed by atoms with E-state index in [-0.39, 0.29) is 11.8 Å². The number of amides is 1. The molecule has 1 aliphatic rings. The molecular weight excluding hydrogens is 314 g/mol. The lowest BCUT2D eigenvalue weighted by molar-refractivity contribution is -0.132. The van der Waals surface area contributed by atoms with Gasteiger partial charge < -0.3 is 14.4 Å². The van der Waals surface area contributed by atoms with Gasteiger partial charge in [0.25, 0.3) is 0 Å². The Morgan fingerprint density at radius 2 is 1.96 bits per heavy atom. The zero-order chi connectivity index (χ0) is 16.8. The number of benzene rings is 1. The molecular formula is C18H26ClNO3. The third-order valence-electron chi connectivity index (χ3n) is 4.42. The SMILES string of the molecule is CCCC1C(=O)N(CCCCl)CCc2cc(OC)c(OC)cc21. The molecule has 0 radical (unpaired) electrons. The Hall–Kier alpha value is -1.42. The van der Waals surface area contributed by atoms with Gasteiger partial charge in [0, 0.05) is 19.0 Å². The first kappa shape index (κ1) is 17.9. The maximum atomic E-state index is 13.0. The monoisotopic (exact) mass is 339 g/mol. The fraction of sp³-hybridized carbons (Fsp3) is 0.611. The first-order valence-electron chi connectivity index (χ1n) is 8.25. The summed E-state index contributed by atoms with van der Waals surface area (Å²) in [5.41, 5.74) is 2.27. The van der Waals surface area contributed by atoms with Crippen molar-refractivity contribution in [1.29, 1.82) is 0 Å². The van der Waals surface area contributed by atoms with Crippen LogP contribution >= 0.6 is 11.6 Å². The summed E-state index contributed by atoms with van der Waals surface area (Å²) in [7, 11) is 3.27. The van der Waals surface area contributed by atoms with Gasteiger partial charge in [-0.3, -0.25) is 4.79 Å². The van der Waals surface area contributed by atoms with Crippen molar-refractivity contribution in [3.63, 3.8) is 0 Å².